The van der Waals surface area contributed by atoms with Crippen LogP contribution in [-0.4, -0.2) is 25.1 Å². The van der Waals surface area contributed by atoms with Gasteiger partial charge in [-0.2, -0.15) is 0 Å². The molecular weight excluding hydrogens is 320 g/mol. The molecule has 0 bridgehead atoms. The molecule has 20 heavy (non-hydrogen) atoms. The molecule has 0 fully saturated rings. The molecule has 2 rings (SSSR count). The lowest BCUT2D eigenvalue weighted by Gasteiger charge is -2.04. The van der Waals surface area contributed by atoms with Crippen molar-refractivity contribution in [2.24, 2.45) is 0 Å². The maximum Gasteiger partial charge on any atom is 0.227 e. The van der Waals surface area contributed by atoms with Gasteiger partial charge < -0.3 is 5.32 Å². The molecule has 0 aliphatic heterocycles. The van der Waals surface area contributed by atoms with Crippen LogP contribution in [0.3, 0.4) is 0 Å². The zero-order valence-electron chi connectivity index (χ0n) is 10.2. The van der Waals surface area contributed by atoms with E-state index in [-0.39, 0.29) is 17.1 Å². The van der Waals surface area contributed by atoms with Gasteiger partial charge in [-0.1, -0.05) is 41.1 Å². The molecule has 2 aromatic rings. The van der Waals surface area contributed by atoms with Gasteiger partial charge in [-0.25, -0.2) is 13.4 Å². The molecule has 0 atom stereocenters. The maximum atomic E-state index is 12.0. The van der Waals surface area contributed by atoms with E-state index in [1.54, 1.807) is 18.2 Å². The Morgan fingerprint density at radius 1 is 1.30 bits per heavy atom. The number of hydrogen-bond acceptors (Lipinski definition) is 5. The van der Waals surface area contributed by atoms with Crippen molar-refractivity contribution >= 4 is 43.8 Å². The zero-order chi connectivity index (χ0) is 14.6. The van der Waals surface area contributed by atoms with Crippen LogP contribution in [0.5, 0.6) is 0 Å². The van der Waals surface area contributed by atoms with Gasteiger partial charge in [0.1, 0.15) is 4.34 Å². The molecule has 5 nitrogen and oxygen atoms in total. The van der Waals surface area contributed by atoms with Gasteiger partial charge in [0.05, 0.1) is 16.8 Å². The summed E-state index contributed by atoms with van der Waals surface area (Å²) in [6.07, 6.45) is 1.29. The van der Waals surface area contributed by atoms with Crippen molar-refractivity contribution in [3.8, 4) is 0 Å². The molecule has 1 aromatic carbocycles. The fourth-order valence-corrected chi connectivity index (χ4v) is 3.56. The Morgan fingerprint density at radius 3 is 2.60 bits per heavy atom. The highest BCUT2D eigenvalue weighted by atomic mass is 35.5. The summed E-state index contributed by atoms with van der Waals surface area (Å²) in [5, 5.41) is 2.86. The summed E-state index contributed by atoms with van der Waals surface area (Å²) in [5.74, 6) is -0.655. The van der Waals surface area contributed by atoms with Crippen molar-refractivity contribution in [1.29, 1.82) is 0 Å². The molecule has 0 radical (unpaired) electrons. The average molecular weight is 331 g/mol. The fourth-order valence-electron chi connectivity index (χ4n) is 1.47. The van der Waals surface area contributed by atoms with Gasteiger partial charge in [0.2, 0.25) is 5.91 Å². The lowest BCUT2D eigenvalue weighted by Crippen LogP contribution is -2.17. The summed E-state index contributed by atoms with van der Waals surface area (Å²) in [4.78, 5) is 15.7. The van der Waals surface area contributed by atoms with Crippen LogP contribution >= 0.6 is 22.9 Å². The van der Waals surface area contributed by atoms with Crippen molar-refractivity contribution in [2.75, 3.05) is 11.1 Å². The number of hydrogen-bond donors (Lipinski definition) is 1. The van der Waals surface area contributed by atoms with Crippen LogP contribution in [0.25, 0.3) is 0 Å². The van der Waals surface area contributed by atoms with E-state index in [1.807, 2.05) is 0 Å². The lowest BCUT2D eigenvalue weighted by atomic mass is 10.4. The van der Waals surface area contributed by atoms with Crippen LogP contribution in [0.1, 0.15) is 6.42 Å². The number of aromatic nitrogens is 1. The number of amides is 1. The Balaban J connectivity index is 1.93. The monoisotopic (exact) mass is 330 g/mol. The van der Waals surface area contributed by atoms with Crippen molar-refractivity contribution in [1.82, 2.24) is 4.98 Å². The molecule has 0 aliphatic rings. The highest BCUT2D eigenvalue weighted by Crippen LogP contribution is 2.22. The second kappa shape index (κ2) is 6.34. The smallest absolute Gasteiger partial charge is 0.227 e. The van der Waals surface area contributed by atoms with E-state index < -0.39 is 15.7 Å². The van der Waals surface area contributed by atoms with E-state index >= 15 is 0 Å². The molecular formula is C12H11ClN2O3S2. The average Bonchev–Trinajstić information content (AvgIpc) is 2.83. The standard InChI is InChI=1S/C12H11ClN2O3S2/c13-10-8-14-12(19-10)15-11(16)6-7-20(17,18)9-4-2-1-3-5-9/h1-5,8H,6-7H2,(H,14,15,16). The van der Waals surface area contributed by atoms with Gasteiger partial charge in [-0.05, 0) is 12.1 Å². The third kappa shape index (κ3) is 4.03. The van der Waals surface area contributed by atoms with Crippen LogP contribution in [0.15, 0.2) is 41.4 Å². The zero-order valence-corrected chi connectivity index (χ0v) is 12.6. The number of carbonyl (C=O) groups excluding carboxylic acids is 1. The Bertz CT molecular complexity index is 699. The Labute approximate surface area is 125 Å². The molecule has 0 aliphatic carbocycles. The first kappa shape index (κ1) is 15.0. The molecule has 0 spiro atoms. The first-order valence-corrected chi connectivity index (χ1v) is 8.51. The van der Waals surface area contributed by atoms with Gasteiger partial charge in [-0.15, -0.1) is 0 Å². The summed E-state index contributed by atoms with van der Waals surface area (Å²) in [7, 11) is -3.45. The molecule has 1 amide bonds. The van der Waals surface area contributed by atoms with E-state index in [2.05, 4.69) is 10.3 Å². The molecule has 1 aromatic heterocycles. The van der Waals surface area contributed by atoms with Gasteiger partial charge in [0.15, 0.2) is 15.0 Å². The highest BCUT2D eigenvalue weighted by molar-refractivity contribution is 7.91. The number of nitrogens with one attached hydrogen (secondary N) is 1. The number of sulfone groups is 1. The second-order valence-electron chi connectivity index (χ2n) is 3.90. The molecule has 0 saturated carbocycles. The highest BCUT2D eigenvalue weighted by Gasteiger charge is 2.16. The van der Waals surface area contributed by atoms with E-state index in [0.717, 1.165) is 11.3 Å². The van der Waals surface area contributed by atoms with Gasteiger partial charge in [0, 0.05) is 6.42 Å². The lowest BCUT2D eigenvalue weighted by molar-refractivity contribution is -0.115. The van der Waals surface area contributed by atoms with Crippen molar-refractivity contribution in [2.45, 2.75) is 11.3 Å². The van der Waals surface area contributed by atoms with Crippen LogP contribution in [0, 0.1) is 0 Å². The van der Waals surface area contributed by atoms with E-state index in [1.165, 1.54) is 18.3 Å². The molecule has 106 valence electrons. The number of anilines is 1. The molecule has 1 N–H and O–H groups in total. The van der Waals surface area contributed by atoms with Crippen LogP contribution in [0.2, 0.25) is 4.34 Å². The summed E-state index contributed by atoms with van der Waals surface area (Å²) >= 11 is 6.80. The minimum absolute atomic E-state index is 0.131. The molecule has 0 unspecified atom stereocenters. The number of nitrogens with zero attached hydrogens (tertiary/aromatic N) is 1. The quantitative estimate of drug-likeness (QED) is 0.914. The molecule has 0 saturated heterocycles. The minimum Gasteiger partial charge on any atom is -0.302 e. The number of halogens is 1. The number of rotatable bonds is 5. The number of benzene rings is 1. The Hall–Kier alpha value is -1.44. The topological polar surface area (TPSA) is 76.1 Å². The van der Waals surface area contributed by atoms with Gasteiger partial charge >= 0.3 is 0 Å². The van der Waals surface area contributed by atoms with Crippen LogP contribution in [0.4, 0.5) is 5.13 Å². The van der Waals surface area contributed by atoms with Gasteiger partial charge in [-0.3, -0.25) is 4.79 Å². The van der Waals surface area contributed by atoms with Crippen molar-refractivity contribution in [3.05, 3.63) is 40.9 Å². The summed E-state index contributed by atoms with van der Waals surface area (Å²) < 4.78 is 24.4. The predicted molar refractivity (Wildman–Crippen MR) is 78.9 cm³/mol. The van der Waals surface area contributed by atoms with Crippen molar-refractivity contribution in [3.63, 3.8) is 0 Å². The maximum absolute atomic E-state index is 12.0. The molecule has 8 heteroatoms. The largest absolute Gasteiger partial charge is 0.302 e. The van der Waals surface area contributed by atoms with Gasteiger partial charge in [0.25, 0.3) is 0 Å². The third-order valence-electron chi connectivity index (χ3n) is 2.42. The van der Waals surface area contributed by atoms with Crippen LogP contribution in [-0.2, 0) is 14.6 Å². The fraction of sp³-hybridized carbons (Fsp3) is 0.167. The van der Waals surface area contributed by atoms with E-state index in [0.29, 0.717) is 9.47 Å². The first-order valence-electron chi connectivity index (χ1n) is 5.66. The second-order valence-corrected chi connectivity index (χ2v) is 7.67. The summed E-state index contributed by atoms with van der Waals surface area (Å²) in [6, 6.07) is 8.04. The van der Waals surface area contributed by atoms with Crippen molar-refractivity contribution < 1.29 is 13.2 Å². The molecule has 1 heterocycles. The summed E-state index contributed by atoms with van der Waals surface area (Å²) in [5.41, 5.74) is 0. The van der Waals surface area contributed by atoms with E-state index in [4.69, 9.17) is 11.6 Å². The van der Waals surface area contributed by atoms with E-state index in [9.17, 15) is 13.2 Å². The first-order chi connectivity index (χ1) is 9.47. The number of thiazole rings is 1. The number of carbonyl (C=O) groups is 1. The Morgan fingerprint density at radius 2 is 2.00 bits per heavy atom. The van der Waals surface area contributed by atoms with Crippen LogP contribution < -0.4 is 5.32 Å². The predicted octanol–water partition coefficient (Wildman–Crippen LogP) is 2.60. The minimum atomic E-state index is -3.45. The third-order valence-corrected chi connectivity index (χ3v) is 5.19. The Kier molecular flexibility index (Phi) is 4.74. The summed E-state index contributed by atoms with van der Waals surface area (Å²) in [6.45, 7) is 0. The normalized spacial score (nSPS) is 11.2. The SMILES string of the molecule is O=C(CCS(=O)(=O)c1ccccc1)Nc1ncc(Cl)s1.